The van der Waals surface area contributed by atoms with Crippen molar-refractivity contribution >= 4 is 11.8 Å². The molecule has 310 valence electrons. The molecular weight excluding hydrogens is 709 g/mol. The van der Waals surface area contributed by atoms with E-state index in [-0.39, 0.29) is 47.9 Å². The van der Waals surface area contributed by atoms with Gasteiger partial charge in [0.05, 0.1) is 31.9 Å². The second-order valence-corrected chi connectivity index (χ2v) is 20.0. The van der Waals surface area contributed by atoms with E-state index in [2.05, 4.69) is 63.1 Å². The number of hydrogen-bond donors (Lipinski definition) is 4. The average molecular weight is 777 g/mol. The summed E-state index contributed by atoms with van der Waals surface area (Å²) in [6.45, 7) is 19.7. The molecule has 56 heavy (non-hydrogen) atoms. The largest absolute Gasteiger partial charge is 0.496 e. The number of hydrogen-bond acceptors (Lipinski definition) is 9. The average Bonchev–Trinajstić information content (AvgIpc) is 3.62. The molecule has 1 saturated heterocycles. The third kappa shape index (κ3) is 8.48. The number of para-hydroxylation sites is 1. The van der Waals surface area contributed by atoms with Gasteiger partial charge in [-0.3, -0.25) is 14.4 Å². The van der Waals surface area contributed by atoms with E-state index in [0.717, 1.165) is 35.1 Å². The van der Waals surface area contributed by atoms with Crippen LogP contribution in [0.1, 0.15) is 103 Å². The third-order valence-electron chi connectivity index (χ3n) is 13.2. The molecule has 2 aromatic carbocycles. The fraction of sp³-hybridized carbons (Fsp3) is 0.689. The lowest BCUT2D eigenvalue weighted by Crippen LogP contribution is -2.62. The van der Waals surface area contributed by atoms with Gasteiger partial charge in [0, 0.05) is 42.1 Å². The van der Waals surface area contributed by atoms with E-state index in [4.69, 9.17) is 14.3 Å². The molecule has 3 saturated carbocycles. The van der Waals surface area contributed by atoms with Crippen LogP contribution < -0.4 is 20.1 Å². The number of benzene rings is 2. The standard InChI is InChI=1S/C45H68N4O7/c1-25-34-18-30(45(34,8)9)19-35(25)47-42(53)38-37(26(2)51)36(24-50)56-49(38)22-27-14-13-15-32(39(27)54-12)28-16-29-20-44(6,7)55-40(29)33(17-28)41(52)46-31(23-48(10)11)21-43(3,4)5/h13-17,25-26,30-31,34-38,50-51H,18-24H2,1-12H3,(H,46,52)(H,47,53)/t25-,26-,30-,31-,34+,35?,36-,37+,38-/m0/s1. The Morgan fingerprint density at radius 1 is 1.12 bits per heavy atom. The van der Waals surface area contributed by atoms with Crippen LogP contribution in [0.3, 0.4) is 0 Å². The van der Waals surface area contributed by atoms with Gasteiger partial charge in [-0.2, -0.15) is 5.06 Å². The van der Waals surface area contributed by atoms with Crippen molar-refractivity contribution in [2.24, 2.45) is 34.5 Å². The second-order valence-electron chi connectivity index (χ2n) is 20.0. The minimum absolute atomic E-state index is 0.0149. The van der Waals surface area contributed by atoms with E-state index in [1.165, 1.54) is 6.42 Å². The van der Waals surface area contributed by atoms with Crippen LogP contribution in [-0.4, -0.2) is 102 Å². The number of methoxy groups -OCH3 is 1. The summed E-state index contributed by atoms with van der Waals surface area (Å²) in [4.78, 5) is 37.0. The van der Waals surface area contributed by atoms with Crippen molar-refractivity contribution in [3.05, 3.63) is 47.0 Å². The number of aliphatic hydroxyl groups is 2. The summed E-state index contributed by atoms with van der Waals surface area (Å²) in [7, 11) is 5.65. The zero-order valence-corrected chi connectivity index (χ0v) is 35.9. The normalized spacial score (nSPS) is 28.9. The Hall–Kier alpha value is -3.22. The molecule has 2 aliphatic heterocycles. The number of aliphatic hydroxyl groups excluding tert-OH is 2. The van der Waals surface area contributed by atoms with Gasteiger partial charge in [-0.25, -0.2) is 0 Å². The first-order valence-corrected chi connectivity index (χ1v) is 20.6. The number of rotatable bonds is 13. The summed E-state index contributed by atoms with van der Waals surface area (Å²) in [5.74, 6) is 1.62. The molecule has 5 aliphatic rings. The second kappa shape index (κ2) is 15.9. The number of nitrogens with one attached hydrogen (secondary N) is 2. The van der Waals surface area contributed by atoms with E-state index in [0.29, 0.717) is 47.8 Å². The van der Waals surface area contributed by atoms with Crippen LogP contribution in [0.4, 0.5) is 0 Å². The summed E-state index contributed by atoms with van der Waals surface area (Å²) < 4.78 is 12.6. The van der Waals surface area contributed by atoms with Crippen LogP contribution >= 0.6 is 0 Å². The third-order valence-corrected chi connectivity index (χ3v) is 13.2. The minimum Gasteiger partial charge on any atom is -0.496 e. The fourth-order valence-electron chi connectivity index (χ4n) is 10.5. The Labute approximate surface area is 334 Å². The molecule has 0 aromatic heterocycles. The Kier molecular flexibility index (Phi) is 12.0. The summed E-state index contributed by atoms with van der Waals surface area (Å²) in [5, 5.41) is 29.7. The first kappa shape index (κ1) is 42.4. The SMILES string of the molecule is COc1c(CN2O[C@@H](CO)[C@@H]([C@H](C)O)[C@H]2C(=O)NC2C[C@@H]3C[C@H]([C@@H]2C)C3(C)C)cccc1-c1cc2c(c(C(=O)N[C@H](CN(C)C)CC(C)(C)C)c1)OC(C)(C)C2. The van der Waals surface area contributed by atoms with Crippen LogP contribution in [0, 0.1) is 34.5 Å². The van der Waals surface area contributed by atoms with Crippen molar-refractivity contribution in [2.45, 2.75) is 130 Å². The first-order chi connectivity index (χ1) is 26.1. The lowest BCUT2D eigenvalue weighted by molar-refractivity contribution is -0.183. The van der Waals surface area contributed by atoms with Gasteiger partial charge in [-0.05, 0) is 106 Å². The number of carbonyl (C=O) groups excluding carboxylic acids is 2. The molecule has 2 heterocycles. The number of nitrogens with zero attached hydrogens (tertiary/aromatic N) is 2. The predicted octanol–water partition coefficient (Wildman–Crippen LogP) is 5.83. The molecule has 4 N–H and O–H groups in total. The molecule has 9 atom stereocenters. The van der Waals surface area contributed by atoms with Gasteiger partial charge in [0.1, 0.15) is 29.2 Å². The maximum atomic E-state index is 14.3. The van der Waals surface area contributed by atoms with Crippen LogP contribution in [0.5, 0.6) is 11.5 Å². The van der Waals surface area contributed by atoms with Gasteiger partial charge >= 0.3 is 0 Å². The molecule has 3 aliphatic carbocycles. The van der Waals surface area contributed by atoms with Crippen molar-refractivity contribution in [2.75, 3.05) is 34.4 Å². The molecule has 2 amide bonds. The molecule has 0 spiro atoms. The highest BCUT2D eigenvalue weighted by molar-refractivity contribution is 5.99. The molecule has 1 unspecified atom stereocenters. The molecule has 11 nitrogen and oxygen atoms in total. The number of fused-ring (bicyclic) bond motifs is 3. The molecule has 7 rings (SSSR count). The van der Waals surface area contributed by atoms with E-state index in [9.17, 15) is 19.8 Å². The van der Waals surface area contributed by atoms with Gasteiger partial charge in [-0.15, -0.1) is 0 Å². The zero-order chi connectivity index (χ0) is 41.1. The number of ether oxygens (including phenoxy) is 2. The van der Waals surface area contributed by atoms with Gasteiger partial charge in [0.15, 0.2) is 0 Å². The van der Waals surface area contributed by atoms with Crippen LogP contribution in [0.15, 0.2) is 30.3 Å². The van der Waals surface area contributed by atoms with E-state index in [1.54, 1.807) is 19.1 Å². The van der Waals surface area contributed by atoms with Crippen molar-refractivity contribution in [1.82, 2.24) is 20.6 Å². The molecule has 2 aromatic rings. The number of amides is 2. The Bertz CT molecular complexity index is 1770. The lowest BCUT2D eigenvalue weighted by Gasteiger charge is -2.62. The number of hydroxylamine groups is 2. The van der Waals surface area contributed by atoms with Crippen LogP contribution in [-0.2, 0) is 22.6 Å². The highest BCUT2D eigenvalue weighted by Crippen LogP contribution is 2.61. The summed E-state index contributed by atoms with van der Waals surface area (Å²) in [6, 6.07) is 8.96. The highest BCUT2D eigenvalue weighted by atomic mass is 16.7. The monoisotopic (exact) mass is 777 g/mol. The van der Waals surface area contributed by atoms with Gasteiger partial charge in [0.2, 0.25) is 5.91 Å². The molecule has 0 radical (unpaired) electrons. The lowest BCUT2D eigenvalue weighted by atomic mass is 9.45. The molecule has 11 heteroatoms. The highest BCUT2D eigenvalue weighted by Gasteiger charge is 2.57. The van der Waals surface area contributed by atoms with E-state index >= 15 is 0 Å². The molecular formula is C45H68N4O7. The van der Waals surface area contributed by atoms with Crippen LogP contribution in [0.25, 0.3) is 11.1 Å². The molecule has 4 fully saturated rings. The van der Waals surface area contributed by atoms with Gasteiger partial charge < -0.3 is 35.2 Å². The summed E-state index contributed by atoms with van der Waals surface area (Å²) in [5.41, 5.74) is 3.62. The van der Waals surface area contributed by atoms with Crippen molar-refractivity contribution < 1.29 is 34.1 Å². The van der Waals surface area contributed by atoms with Crippen molar-refractivity contribution in [3.63, 3.8) is 0 Å². The van der Waals surface area contributed by atoms with E-state index < -0.39 is 29.8 Å². The quantitative estimate of drug-likeness (QED) is 0.198. The van der Waals surface area contributed by atoms with Crippen LogP contribution in [0.2, 0.25) is 0 Å². The maximum Gasteiger partial charge on any atom is 0.255 e. The maximum absolute atomic E-state index is 14.3. The summed E-state index contributed by atoms with van der Waals surface area (Å²) in [6.07, 6.45) is 1.92. The first-order valence-electron chi connectivity index (χ1n) is 20.6. The van der Waals surface area contributed by atoms with E-state index in [1.807, 2.05) is 52.2 Å². The summed E-state index contributed by atoms with van der Waals surface area (Å²) >= 11 is 0. The predicted molar refractivity (Wildman–Crippen MR) is 218 cm³/mol. The number of likely N-dealkylation sites (N-methyl/N-ethyl adjacent to an activating group) is 1. The Morgan fingerprint density at radius 2 is 1.84 bits per heavy atom. The fourth-order valence-corrected chi connectivity index (χ4v) is 10.5. The minimum atomic E-state index is -0.902. The molecule has 2 bridgehead atoms. The Balaban J connectivity index is 1.32. The smallest absolute Gasteiger partial charge is 0.255 e. The van der Waals surface area contributed by atoms with Crippen molar-refractivity contribution in [1.29, 1.82) is 0 Å². The zero-order valence-electron chi connectivity index (χ0n) is 35.9. The van der Waals surface area contributed by atoms with Gasteiger partial charge in [-0.1, -0.05) is 59.7 Å². The topological polar surface area (TPSA) is 133 Å². The number of carbonyl (C=O) groups is 2. The van der Waals surface area contributed by atoms with Crippen molar-refractivity contribution in [3.8, 4) is 22.6 Å². The van der Waals surface area contributed by atoms with Gasteiger partial charge in [0.25, 0.3) is 5.91 Å². The Morgan fingerprint density at radius 3 is 2.43 bits per heavy atom.